The maximum atomic E-state index is 13.7. The van der Waals surface area contributed by atoms with E-state index in [4.69, 9.17) is 0 Å². The molecule has 7 heteroatoms. The lowest BCUT2D eigenvalue weighted by Crippen LogP contribution is -2.11. The van der Waals surface area contributed by atoms with Crippen LogP contribution in [0.15, 0.2) is 48.5 Å². The number of rotatable bonds is 6. The zero-order valence-electron chi connectivity index (χ0n) is 13.2. The molecular weight excluding hydrogens is 331 g/mol. The Morgan fingerprint density at radius 1 is 0.960 bits per heavy atom. The molecule has 0 saturated heterocycles. The van der Waals surface area contributed by atoms with Gasteiger partial charge in [0.05, 0.1) is 18.8 Å². The molecule has 1 aromatic heterocycles. The Kier molecular flexibility index (Phi) is 5.04. The monoisotopic (exact) mass is 347 g/mol. The van der Waals surface area contributed by atoms with Crippen molar-refractivity contribution in [3.63, 3.8) is 0 Å². The van der Waals surface area contributed by atoms with Crippen LogP contribution in [0, 0.1) is 17.5 Å². The van der Waals surface area contributed by atoms with Gasteiger partial charge in [-0.1, -0.05) is 30.3 Å². The van der Waals surface area contributed by atoms with E-state index >= 15 is 0 Å². The second-order valence-electron chi connectivity index (χ2n) is 5.44. The van der Waals surface area contributed by atoms with Crippen molar-refractivity contribution >= 4 is 5.82 Å². The molecule has 25 heavy (non-hydrogen) atoms. The van der Waals surface area contributed by atoms with Crippen molar-refractivity contribution < 1.29 is 18.3 Å². The van der Waals surface area contributed by atoms with Gasteiger partial charge >= 0.3 is 0 Å². The molecule has 4 nitrogen and oxygen atoms in total. The number of halogens is 3. The zero-order chi connectivity index (χ0) is 17.8. The van der Waals surface area contributed by atoms with E-state index in [0.717, 1.165) is 11.6 Å². The minimum absolute atomic E-state index is 0.00286. The third-order valence-corrected chi connectivity index (χ3v) is 3.71. The molecule has 2 N–H and O–H groups in total. The first kappa shape index (κ1) is 17.0. The summed E-state index contributed by atoms with van der Waals surface area (Å²) in [5.74, 6) is -2.62. The Hall–Kier alpha value is -2.80. The second-order valence-corrected chi connectivity index (χ2v) is 5.44. The summed E-state index contributed by atoms with van der Waals surface area (Å²) < 4.78 is 41.6. The standard InChI is InChI=1S/C18H16F3N3O/c19-14-9-16(21)15(20)8-13(14)11-22-18-10-17(23-24(18)6-7-25)12-4-2-1-3-5-12/h1-5,8-10,22,25H,6-7,11H2. The second kappa shape index (κ2) is 7.40. The molecule has 0 radical (unpaired) electrons. The fourth-order valence-corrected chi connectivity index (χ4v) is 2.46. The van der Waals surface area contributed by atoms with Crippen molar-refractivity contribution in [3.05, 3.63) is 71.5 Å². The summed E-state index contributed by atoms with van der Waals surface area (Å²) in [6, 6.07) is 12.5. The molecule has 2 aromatic carbocycles. The Morgan fingerprint density at radius 2 is 1.68 bits per heavy atom. The summed E-state index contributed by atoms with van der Waals surface area (Å²) in [4.78, 5) is 0. The van der Waals surface area contributed by atoms with Gasteiger partial charge in [-0.3, -0.25) is 0 Å². The van der Waals surface area contributed by atoms with Crippen molar-refractivity contribution in [2.24, 2.45) is 0 Å². The van der Waals surface area contributed by atoms with Crippen LogP contribution in [-0.4, -0.2) is 21.5 Å². The van der Waals surface area contributed by atoms with Crippen LogP contribution in [0.5, 0.6) is 0 Å². The van der Waals surface area contributed by atoms with Gasteiger partial charge in [-0.25, -0.2) is 17.9 Å². The predicted molar refractivity (Wildman–Crippen MR) is 88.4 cm³/mol. The molecule has 0 saturated carbocycles. The Bertz CT molecular complexity index is 866. The number of nitrogens with one attached hydrogen (secondary N) is 1. The number of benzene rings is 2. The van der Waals surface area contributed by atoms with E-state index in [1.807, 2.05) is 30.3 Å². The van der Waals surface area contributed by atoms with Crippen molar-refractivity contribution in [2.75, 3.05) is 11.9 Å². The average Bonchev–Trinajstić information content (AvgIpc) is 3.01. The van der Waals surface area contributed by atoms with Gasteiger partial charge in [-0.2, -0.15) is 5.10 Å². The molecule has 0 bridgehead atoms. The van der Waals surface area contributed by atoms with Crippen molar-refractivity contribution in [2.45, 2.75) is 13.1 Å². The Balaban J connectivity index is 1.84. The summed E-state index contributed by atoms with van der Waals surface area (Å²) >= 11 is 0. The number of anilines is 1. The molecule has 0 unspecified atom stereocenters. The first-order valence-electron chi connectivity index (χ1n) is 7.70. The molecule has 0 aliphatic heterocycles. The minimum Gasteiger partial charge on any atom is -0.394 e. The summed E-state index contributed by atoms with van der Waals surface area (Å²) in [5, 5.41) is 16.5. The van der Waals surface area contributed by atoms with Gasteiger partial charge in [-0.05, 0) is 6.07 Å². The lowest BCUT2D eigenvalue weighted by atomic mass is 10.1. The Morgan fingerprint density at radius 3 is 2.40 bits per heavy atom. The molecule has 0 spiro atoms. The quantitative estimate of drug-likeness (QED) is 0.670. The van der Waals surface area contributed by atoms with E-state index in [2.05, 4.69) is 10.4 Å². The highest BCUT2D eigenvalue weighted by molar-refractivity contribution is 5.63. The largest absolute Gasteiger partial charge is 0.394 e. The lowest BCUT2D eigenvalue weighted by Gasteiger charge is -2.09. The van der Waals surface area contributed by atoms with Crippen LogP contribution in [0.3, 0.4) is 0 Å². The predicted octanol–water partition coefficient (Wildman–Crippen LogP) is 3.57. The van der Waals surface area contributed by atoms with Crippen molar-refractivity contribution in [3.8, 4) is 11.3 Å². The van der Waals surface area contributed by atoms with Crippen molar-refractivity contribution in [1.82, 2.24) is 9.78 Å². The topological polar surface area (TPSA) is 50.1 Å². The highest BCUT2D eigenvalue weighted by atomic mass is 19.2. The van der Waals surface area contributed by atoms with Crippen LogP contribution in [0.1, 0.15) is 5.56 Å². The number of nitrogens with zero attached hydrogens (tertiary/aromatic N) is 2. The lowest BCUT2D eigenvalue weighted by molar-refractivity contribution is 0.270. The molecule has 1 heterocycles. The first-order valence-corrected chi connectivity index (χ1v) is 7.70. The van der Waals surface area contributed by atoms with Gasteiger partial charge in [0.15, 0.2) is 11.6 Å². The summed E-state index contributed by atoms with van der Waals surface area (Å²) in [6.45, 7) is 0.0773. The number of aliphatic hydroxyl groups is 1. The maximum Gasteiger partial charge on any atom is 0.161 e. The van der Waals surface area contributed by atoms with Crippen molar-refractivity contribution in [1.29, 1.82) is 0 Å². The Labute approximate surface area is 142 Å². The van der Waals surface area contributed by atoms with Gasteiger partial charge in [0.25, 0.3) is 0 Å². The maximum absolute atomic E-state index is 13.7. The number of hydrogen-bond donors (Lipinski definition) is 2. The fraction of sp³-hybridized carbons (Fsp3) is 0.167. The molecule has 3 aromatic rings. The summed E-state index contributed by atoms with van der Waals surface area (Å²) in [6.07, 6.45) is 0. The third kappa shape index (κ3) is 3.83. The molecule has 0 amide bonds. The van der Waals surface area contributed by atoms with Gasteiger partial charge < -0.3 is 10.4 Å². The smallest absolute Gasteiger partial charge is 0.161 e. The van der Waals surface area contributed by atoms with Crippen LogP contribution in [0.25, 0.3) is 11.3 Å². The minimum atomic E-state index is -1.22. The highest BCUT2D eigenvalue weighted by Crippen LogP contribution is 2.23. The molecule has 0 aliphatic carbocycles. The van der Waals surface area contributed by atoms with Gasteiger partial charge in [-0.15, -0.1) is 0 Å². The van der Waals surface area contributed by atoms with Crippen LogP contribution in [-0.2, 0) is 13.1 Å². The molecular formula is C18H16F3N3O. The zero-order valence-corrected chi connectivity index (χ0v) is 13.2. The fourth-order valence-electron chi connectivity index (χ4n) is 2.46. The van der Waals surface area contributed by atoms with Gasteiger partial charge in [0.2, 0.25) is 0 Å². The number of aliphatic hydroxyl groups excluding tert-OH is 1. The number of hydrogen-bond acceptors (Lipinski definition) is 3. The summed E-state index contributed by atoms with van der Waals surface area (Å²) in [5.41, 5.74) is 1.57. The average molecular weight is 347 g/mol. The van der Waals surface area contributed by atoms with Gasteiger partial charge in [0.1, 0.15) is 11.6 Å². The van der Waals surface area contributed by atoms with Crippen LogP contribution in [0.4, 0.5) is 19.0 Å². The molecule has 0 atom stereocenters. The first-order chi connectivity index (χ1) is 12.1. The van der Waals surface area contributed by atoms with E-state index < -0.39 is 17.5 Å². The van der Waals surface area contributed by atoms with Crippen LogP contribution >= 0.6 is 0 Å². The van der Waals surface area contributed by atoms with Gasteiger partial charge in [0, 0.05) is 29.8 Å². The SMILES string of the molecule is OCCn1nc(-c2ccccc2)cc1NCc1cc(F)c(F)cc1F. The third-order valence-electron chi connectivity index (χ3n) is 3.71. The van der Waals surface area contributed by atoms with Crippen LogP contribution < -0.4 is 5.32 Å². The van der Waals surface area contributed by atoms with E-state index in [1.165, 1.54) is 0 Å². The van der Waals surface area contributed by atoms with E-state index in [-0.39, 0.29) is 25.3 Å². The molecule has 130 valence electrons. The van der Waals surface area contributed by atoms with Crippen LogP contribution in [0.2, 0.25) is 0 Å². The van der Waals surface area contributed by atoms with E-state index in [9.17, 15) is 18.3 Å². The highest BCUT2D eigenvalue weighted by Gasteiger charge is 2.12. The normalized spacial score (nSPS) is 10.9. The van der Waals surface area contributed by atoms with E-state index in [0.29, 0.717) is 17.6 Å². The number of aromatic nitrogens is 2. The molecule has 0 aliphatic rings. The summed E-state index contributed by atoms with van der Waals surface area (Å²) in [7, 11) is 0. The van der Waals surface area contributed by atoms with E-state index in [1.54, 1.807) is 10.7 Å². The molecule has 3 rings (SSSR count). The molecule has 0 fully saturated rings.